The maximum Gasteiger partial charge on any atom is 0.415 e. The van der Waals surface area contributed by atoms with Gasteiger partial charge in [0, 0.05) is 18.8 Å². The van der Waals surface area contributed by atoms with Gasteiger partial charge in [-0.15, -0.1) is 0 Å². The molecule has 1 aromatic rings. The van der Waals surface area contributed by atoms with Crippen LogP contribution >= 0.6 is 0 Å². The van der Waals surface area contributed by atoms with Gasteiger partial charge < -0.3 is 23.7 Å². The predicted molar refractivity (Wildman–Crippen MR) is 115 cm³/mol. The number of esters is 2. The lowest BCUT2D eigenvalue weighted by molar-refractivity contribution is -0.164. The van der Waals surface area contributed by atoms with Crippen LogP contribution in [0.3, 0.4) is 0 Å². The zero-order valence-electron chi connectivity index (χ0n) is 19.0. The number of ether oxygens (including phenoxy) is 5. The molecule has 1 aliphatic heterocycles. The van der Waals surface area contributed by atoms with Crippen LogP contribution in [0.25, 0.3) is 0 Å². The fourth-order valence-electron chi connectivity index (χ4n) is 3.57. The van der Waals surface area contributed by atoms with Crippen molar-refractivity contribution in [2.75, 3.05) is 38.4 Å². The molecule has 0 aromatic heterocycles. The molecule has 1 amide bonds. The van der Waals surface area contributed by atoms with Crippen LogP contribution in [0, 0.1) is 11.8 Å². The second kappa shape index (κ2) is 11.5. The maximum absolute atomic E-state index is 13.4. The Morgan fingerprint density at radius 3 is 2.03 bits per heavy atom. The van der Waals surface area contributed by atoms with Crippen LogP contribution in [0.4, 0.5) is 10.5 Å². The number of methoxy groups -OCH3 is 1. The highest BCUT2D eigenvalue weighted by Gasteiger charge is 2.65. The summed E-state index contributed by atoms with van der Waals surface area (Å²) in [6, 6.07) is 5.19. The second-order valence-electron chi connectivity index (χ2n) is 6.54. The summed E-state index contributed by atoms with van der Waals surface area (Å²) in [6.45, 7) is 7.48. The van der Waals surface area contributed by atoms with E-state index in [0.717, 1.165) is 4.90 Å². The molecule has 0 saturated carbocycles. The molecule has 1 aromatic carbocycles. The van der Waals surface area contributed by atoms with Crippen LogP contribution in [0.2, 0.25) is 0 Å². The topological polar surface area (TPSA) is 101 Å². The van der Waals surface area contributed by atoms with Gasteiger partial charge in [-0.25, -0.2) is 4.79 Å². The van der Waals surface area contributed by atoms with Gasteiger partial charge in [-0.1, -0.05) is 24.1 Å². The molecule has 32 heavy (non-hydrogen) atoms. The smallest absolute Gasteiger partial charge is 0.415 e. The fraction of sp³-hybridized carbons (Fsp3) is 0.522. The number of rotatable bonds is 8. The maximum atomic E-state index is 13.4. The van der Waals surface area contributed by atoms with Crippen molar-refractivity contribution in [3.05, 3.63) is 29.8 Å². The summed E-state index contributed by atoms with van der Waals surface area (Å²) in [7, 11) is 1.20. The molecular formula is C23H29NO8. The van der Waals surface area contributed by atoms with Crippen molar-refractivity contribution in [1.82, 2.24) is 0 Å². The molecule has 0 N–H and O–H groups in total. The first-order chi connectivity index (χ1) is 15.4. The molecular weight excluding hydrogens is 418 g/mol. The molecule has 0 radical (unpaired) electrons. The molecule has 0 fully saturated rings. The number of nitrogens with zero attached hydrogens (tertiary/aromatic N) is 1. The van der Waals surface area contributed by atoms with Crippen LogP contribution in [-0.4, -0.2) is 63.9 Å². The Balaban J connectivity index is 2.81. The minimum Gasteiger partial charge on any atom is -0.465 e. The zero-order valence-corrected chi connectivity index (χ0v) is 19.0. The normalized spacial score (nSPS) is 16.1. The van der Waals surface area contributed by atoms with Gasteiger partial charge >= 0.3 is 18.0 Å². The number of anilines is 1. The molecule has 9 heteroatoms. The van der Waals surface area contributed by atoms with E-state index < -0.39 is 35.8 Å². The Morgan fingerprint density at radius 2 is 1.53 bits per heavy atom. The van der Waals surface area contributed by atoms with Crippen LogP contribution in [0.1, 0.15) is 33.3 Å². The SMILES string of the molecule is CCOC(=O)C1(C(=O)OCC)c2ccccc2N(C(=O)OC)[C@@H]1C#CC(OCC)OCC. The van der Waals surface area contributed by atoms with Crippen molar-refractivity contribution in [3.8, 4) is 11.8 Å². The molecule has 1 heterocycles. The summed E-state index contributed by atoms with van der Waals surface area (Å²) in [4.78, 5) is 40.7. The Hall–Kier alpha value is -3.09. The van der Waals surface area contributed by atoms with Crippen LogP contribution in [0.15, 0.2) is 24.3 Å². The van der Waals surface area contributed by atoms with Crippen molar-refractivity contribution >= 4 is 23.7 Å². The number of para-hydroxylation sites is 1. The van der Waals surface area contributed by atoms with Crippen molar-refractivity contribution in [1.29, 1.82) is 0 Å². The predicted octanol–water partition coefficient (Wildman–Crippen LogP) is 2.41. The van der Waals surface area contributed by atoms with Gasteiger partial charge in [-0.2, -0.15) is 0 Å². The first kappa shape index (κ1) is 25.2. The number of amides is 1. The Labute approximate surface area is 187 Å². The summed E-state index contributed by atoms with van der Waals surface area (Å²) >= 11 is 0. The largest absolute Gasteiger partial charge is 0.465 e. The van der Waals surface area contributed by atoms with Gasteiger partial charge in [-0.3, -0.25) is 14.5 Å². The van der Waals surface area contributed by atoms with Crippen molar-refractivity contribution in [2.45, 2.75) is 45.4 Å². The zero-order chi connectivity index (χ0) is 23.7. The van der Waals surface area contributed by atoms with Crippen molar-refractivity contribution in [2.24, 2.45) is 0 Å². The quantitative estimate of drug-likeness (QED) is 0.197. The minimum absolute atomic E-state index is 0.0149. The van der Waals surface area contributed by atoms with E-state index in [1.165, 1.54) is 7.11 Å². The van der Waals surface area contributed by atoms with E-state index in [2.05, 4.69) is 11.8 Å². The highest BCUT2D eigenvalue weighted by atomic mass is 16.7. The molecule has 0 unspecified atom stereocenters. The third-order valence-corrected chi connectivity index (χ3v) is 4.80. The van der Waals surface area contributed by atoms with E-state index in [1.54, 1.807) is 52.0 Å². The molecule has 0 spiro atoms. The molecule has 1 atom stereocenters. The Bertz CT molecular complexity index is 863. The summed E-state index contributed by atoms with van der Waals surface area (Å²) in [5.41, 5.74) is -1.50. The highest BCUT2D eigenvalue weighted by molar-refractivity contribution is 6.14. The number of hydrogen-bond donors (Lipinski definition) is 0. The van der Waals surface area contributed by atoms with Gasteiger partial charge in [0.15, 0.2) is 0 Å². The van der Waals surface area contributed by atoms with Gasteiger partial charge in [-0.05, 0) is 39.7 Å². The van der Waals surface area contributed by atoms with E-state index in [0.29, 0.717) is 18.9 Å². The minimum atomic E-state index is -2.03. The number of benzene rings is 1. The van der Waals surface area contributed by atoms with Gasteiger partial charge in [0.25, 0.3) is 0 Å². The van der Waals surface area contributed by atoms with Gasteiger partial charge in [0.2, 0.25) is 11.7 Å². The lowest BCUT2D eigenvalue weighted by Crippen LogP contribution is -2.57. The molecule has 0 bridgehead atoms. The summed E-state index contributed by atoms with van der Waals surface area (Å²) < 4.78 is 26.5. The van der Waals surface area contributed by atoms with Gasteiger partial charge in [0.05, 0.1) is 26.0 Å². The summed E-state index contributed by atoms with van der Waals surface area (Å²) in [5.74, 6) is 3.90. The van der Waals surface area contributed by atoms with Crippen molar-refractivity contribution in [3.63, 3.8) is 0 Å². The average Bonchev–Trinajstić information content (AvgIpc) is 3.08. The number of carbonyl (C=O) groups excluding carboxylic acids is 3. The first-order valence-electron chi connectivity index (χ1n) is 10.5. The molecule has 174 valence electrons. The third kappa shape index (κ3) is 4.56. The lowest BCUT2D eigenvalue weighted by Gasteiger charge is -2.31. The lowest BCUT2D eigenvalue weighted by atomic mass is 9.76. The van der Waals surface area contributed by atoms with E-state index in [9.17, 15) is 14.4 Å². The Kier molecular flexibility index (Phi) is 9.05. The Morgan fingerprint density at radius 1 is 0.969 bits per heavy atom. The highest BCUT2D eigenvalue weighted by Crippen LogP contribution is 2.47. The second-order valence-corrected chi connectivity index (χ2v) is 6.54. The fourth-order valence-corrected chi connectivity index (χ4v) is 3.57. The van der Waals surface area contributed by atoms with Crippen molar-refractivity contribution < 1.29 is 38.1 Å². The molecule has 2 rings (SSSR count). The number of carbonyl (C=O) groups is 3. The molecule has 1 aliphatic rings. The van der Waals surface area contributed by atoms with Crippen LogP contribution in [0.5, 0.6) is 0 Å². The summed E-state index contributed by atoms with van der Waals surface area (Å²) in [5, 5.41) is 0. The molecule has 0 saturated heterocycles. The monoisotopic (exact) mass is 447 g/mol. The average molecular weight is 447 g/mol. The van der Waals surface area contributed by atoms with Crippen LogP contribution in [-0.2, 0) is 38.7 Å². The summed E-state index contributed by atoms with van der Waals surface area (Å²) in [6.07, 6.45) is -1.72. The van der Waals surface area contributed by atoms with E-state index in [-0.39, 0.29) is 18.8 Å². The molecule has 9 nitrogen and oxygen atoms in total. The standard InChI is InChI=1S/C23H29NO8/c1-6-29-19(30-7-2)15-14-18-23(20(25)31-8-3,21(26)32-9-4)16-12-10-11-13-17(16)24(18)22(27)28-5/h10-13,18-19H,6-9H2,1-5H3/t18-/m1/s1. The van der Waals surface area contributed by atoms with E-state index in [1.807, 2.05) is 0 Å². The third-order valence-electron chi connectivity index (χ3n) is 4.80. The molecule has 0 aliphatic carbocycles. The number of hydrogen-bond acceptors (Lipinski definition) is 8. The van der Waals surface area contributed by atoms with E-state index >= 15 is 0 Å². The van der Waals surface area contributed by atoms with Gasteiger partial charge in [0.1, 0.15) is 6.04 Å². The number of fused-ring (bicyclic) bond motifs is 1. The van der Waals surface area contributed by atoms with Crippen LogP contribution < -0.4 is 4.90 Å². The first-order valence-corrected chi connectivity index (χ1v) is 10.5. The van der Waals surface area contributed by atoms with E-state index in [4.69, 9.17) is 23.7 Å².